The van der Waals surface area contributed by atoms with Crippen LogP contribution in [0.1, 0.15) is 6.42 Å². The van der Waals surface area contributed by atoms with Crippen LogP contribution in [0.25, 0.3) is 0 Å². The highest BCUT2D eigenvalue weighted by Gasteiger charge is 2.49. The van der Waals surface area contributed by atoms with Crippen LogP contribution in [0.2, 0.25) is 65.0 Å². The summed E-state index contributed by atoms with van der Waals surface area (Å²) in [5.74, 6) is 0. The zero-order valence-corrected chi connectivity index (χ0v) is 18.8. The minimum Gasteiger partial charge on any atom is -0.417 e. The second-order valence-electron chi connectivity index (χ2n) is 8.15. The van der Waals surface area contributed by atoms with E-state index in [0.717, 1.165) is 6.04 Å². The highest BCUT2D eigenvalue weighted by atomic mass is 28.5. The molecule has 1 N–H and O–H groups in total. The highest BCUT2D eigenvalue weighted by Crippen LogP contribution is 2.29. The van der Waals surface area contributed by atoms with Crippen LogP contribution in [0.4, 0.5) is 0 Å². The SMILES string of the molecule is C[Si](C)(C)O[Si](CCCO)(O[Si](C)(C)C)O[Si](C)(C)C. The zero-order valence-electron chi connectivity index (χ0n) is 14.8. The van der Waals surface area contributed by atoms with Crippen LogP contribution in [0.15, 0.2) is 0 Å². The molecule has 0 radical (unpaired) electrons. The van der Waals surface area contributed by atoms with Crippen molar-refractivity contribution in [1.29, 1.82) is 0 Å². The molecule has 0 aliphatic heterocycles. The summed E-state index contributed by atoms with van der Waals surface area (Å²) in [4.78, 5) is 0. The van der Waals surface area contributed by atoms with Gasteiger partial charge in [0.1, 0.15) is 0 Å². The summed E-state index contributed by atoms with van der Waals surface area (Å²) in [5, 5.41) is 9.21. The fourth-order valence-corrected chi connectivity index (χ4v) is 16.5. The molecule has 0 saturated heterocycles. The molecule has 0 aromatic heterocycles. The summed E-state index contributed by atoms with van der Waals surface area (Å²) in [6.45, 7) is 19.7. The number of hydrogen-bond acceptors (Lipinski definition) is 4. The molecule has 0 heterocycles. The third-order valence-electron chi connectivity index (χ3n) is 2.03. The quantitative estimate of drug-likeness (QED) is 0.639. The molecular formula is C12H34O4Si4. The molecule has 0 spiro atoms. The second-order valence-corrected chi connectivity index (χ2v) is 25.1. The zero-order chi connectivity index (χ0) is 16.2. The normalized spacial score (nSPS) is 14.7. The summed E-state index contributed by atoms with van der Waals surface area (Å²) in [5.41, 5.74) is 0. The van der Waals surface area contributed by atoms with Crippen molar-refractivity contribution in [2.45, 2.75) is 71.4 Å². The summed E-state index contributed by atoms with van der Waals surface area (Å²) in [6, 6.07) is 0.725. The van der Waals surface area contributed by atoms with E-state index >= 15 is 0 Å². The van der Waals surface area contributed by atoms with Gasteiger partial charge in [0, 0.05) is 12.7 Å². The molecule has 0 fully saturated rings. The van der Waals surface area contributed by atoms with Gasteiger partial charge in [-0.2, -0.15) is 0 Å². The van der Waals surface area contributed by atoms with Crippen LogP contribution in [0, 0.1) is 0 Å². The van der Waals surface area contributed by atoms with Crippen molar-refractivity contribution in [1.82, 2.24) is 0 Å². The first-order chi connectivity index (χ1) is 8.68. The van der Waals surface area contributed by atoms with Gasteiger partial charge in [-0.25, -0.2) is 0 Å². The fraction of sp³-hybridized carbons (Fsp3) is 1.00. The van der Waals surface area contributed by atoms with Crippen LogP contribution in [0.5, 0.6) is 0 Å². The smallest absolute Gasteiger partial charge is 0.417 e. The van der Waals surface area contributed by atoms with Gasteiger partial charge in [-0.3, -0.25) is 0 Å². The Kier molecular flexibility index (Phi) is 7.57. The molecule has 0 bridgehead atoms. The molecule has 0 aliphatic carbocycles. The van der Waals surface area contributed by atoms with Gasteiger partial charge in [0.05, 0.1) is 0 Å². The van der Waals surface area contributed by atoms with Crippen molar-refractivity contribution in [2.75, 3.05) is 6.61 Å². The number of aliphatic hydroxyl groups excluding tert-OH is 1. The summed E-state index contributed by atoms with van der Waals surface area (Å²) in [6.07, 6.45) is 0.686. The van der Waals surface area contributed by atoms with Gasteiger partial charge in [0.25, 0.3) is 0 Å². The van der Waals surface area contributed by atoms with Crippen LogP contribution in [0.3, 0.4) is 0 Å². The van der Waals surface area contributed by atoms with Gasteiger partial charge in [0.15, 0.2) is 25.0 Å². The lowest BCUT2D eigenvalue weighted by atomic mass is 10.5. The first-order valence-corrected chi connectivity index (χ1v) is 19.6. The van der Waals surface area contributed by atoms with Gasteiger partial charge in [-0.05, 0) is 65.3 Å². The lowest BCUT2D eigenvalue weighted by molar-refractivity contribution is 0.236. The van der Waals surface area contributed by atoms with E-state index < -0.39 is 33.8 Å². The maximum absolute atomic E-state index is 9.21. The third kappa shape index (κ3) is 10.4. The van der Waals surface area contributed by atoms with E-state index in [-0.39, 0.29) is 6.61 Å². The minimum atomic E-state index is -2.70. The Hall–Kier alpha value is 0.708. The summed E-state index contributed by atoms with van der Waals surface area (Å²) in [7, 11) is -8.00. The largest absolute Gasteiger partial charge is 0.469 e. The Bertz CT molecular complexity index is 251. The van der Waals surface area contributed by atoms with Crippen LogP contribution < -0.4 is 0 Å². The van der Waals surface area contributed by atoms with Crippen molar-refractivity contribution in [3.8, 4) is 0 Å². The molecule has 8 heteroatoms. The predicted octanol–water partition coefficient (Wildman–Crippen LogP) is 3.86. The lowest BCUT2D eigenvalue weighted by Gasteiger charge is -2.42. The molecule has 0 aliphatic rings. The Morgan fingerprint density at radius 3 is 1.15 bits per heavy atom. The molecular weight excluding hydrogens is 320 g/mol. The Balaban J connectivity index is 5.38. The number of aliphatic hydroxyl groups is 1. The Morgan fingerprint density at radius 1 is 0.650 bits per heavy atom. The molecule has 0 rings (SSSR count). The van der Waals surface area contributed by atoms with E-state index in [2.05, 4.69) is 58.9 Å². The topological polar surface area (TPSA) is 47.9 Å². The first-order valence-electron chi connectivity index (χ1n) is 7.39. The first kappa shape index (κ1) is 20.7. The average molecular weight is 355 g/mol. The van der Waals surface area contributed by atoms with Crippen LogP contribution >= 0.6 is 0 Å². The van der Waals surface area contributed by atoms with Crippen LogP contribution in [-0.2, 0) is 12.3 Å². The van der Waals surface area contributed by atoms with Gasteiger partial charge in [0.2, 0.25) is 0 Å². The maximum atomic E-state index is 9.21. The molecule has 20 heavy (non-hydrogen) atoms. The lowest BCUT2D eigenvalue weighted by Crippen LogP contribution is -2.60. The Labute approximate surface area is 129 Å². The van der Waals surface area contributed by atoms with E-state index in [1.54, 1.807) is 0 Å². The molecule has 0 aromatic carbocycles. The van der Waals surface area contributed by atoms with E-state index in [9.17, 15) is 5.11 Å². The van der Waals surface area contributed by atoms with Crippen molar-refractivity contribution in [3.63, 3.8) is 0 Å². The fourth-order valence-electron chi connectivity index (χ4n) is 1.91. The van der Waals surface area contributed by atoms with Gasteiger partial charge in [-0.15, -0.1) is 0 Å². The van der Waals surface area contributed by atoms with Gasteiger partial charge in [-0.1, -0.05) is 0 Å². The Morgan fingerprint density at radius 2 is 0.950 bits per heavy atom. The number of hydrogen-bond donors (Lipinski definition) is 1. The molecule has 122 valence electrons. The van der Waals surface area contributed by atoms with Gasteiger partial charge >= 0.3 is 8.80 Å². The second kappa shape index (κ2) is 7.31. The minimum absolute atomic E-state index is 0.161. The maximum Gasteiger partial charge on any atom is 0.469 e. The molecule has 0 aromatic rings. The van der Waals surface area contributed by atoms with E-state index in [1.165, 1.54) is 0 Å². The van der Waals surface area contributed by atoms with Crippen LogP contribution in [-0.4, -0.2) is 45.5 Å². The molecule has 0 saturated carbocycles. The summed E-state index contributed by atoms with van der Waals surface area (Å²) < 4.78 is 19.4. The van der Waals surface area contributed by atoms with E-state index in [4.69, 9.17) is 12.3 Å². The molecule has 0 unspecified atom stereocenters. The van der Waals surface area contributed by atoms with Crippen molar-refractivity contribution in [3.05, 3.63) is 0 Å². The predicted molar refractivity (Wildman–Crippen MR) is 95.6 cm³/mol. The molecule has 4 nitrogen and oxygen atoms in total. The van der Waals surface area contributed by atoms with Gasteiger partial charge < -0.3 is 17.5 Å². The standard InChI is InChI=1S/C12H34O4Si4/c1-17(2,3)14-20(12-10-11-13,15-18(4,5)6)16-19(7,8)9/h13H,10-12H2,1-9H3. The molecule has 0 amide bonds. The van der Waals surface area contributed by atoms with Crippen molar-refractivity contribution >= 4 is 33.8 Å². The average Bonchev–Trinajstić information content (AvgIpc) is 2.05. The van der Waals surface area contributed by atoms with E-state index in [1.807, 2.05) is 0 Å². The highest BCUT2D eigenvalue weighted by molar-refractivity contribution is 6.90. The monoisotopic (exact) mass is 354 g/mol. The third-order valence-corrected chi connectivity index (χ3v) is 14.1. The van der Waals surface area contributed by atoms with E-state index in [0.29, 0.717) is 6.42 Å². The van der Waals surface area contributed by atoms with Crippen molar-refractivity contribution in [2.24, 2.45) is 0 Å². The molecule has 0 atom stereocenters. The van der Waals surface area contributed by atoms with Crippen molar-refractivity contribution < 1.29 is 17.5 Å². The summed E-state index contributed by atoms with van der Waals surface area (Å²) >= 11 is 0. The number of rotatable bonds is 9.